The molecule has 0 saturated carbocycles. The molecule has 1 atom stereocenters. The molecular weight excluding hydrogens is 332 g/mol. The molecular formula is C19H14N4O3. The Labute approximate surface area is 149 Å². The second-order valence-electron chi connectivity index (χ2n) is 5.53. The highest BCUT2D eigenvalue weighted by Gasteiger charge is 2.25. The zero-order valence-corrected chi connectivity index (χ0v) is 13.6. The van der Waals surface area contributed by atoms with Crippen LogP contribution >= 0.6 is 0 Å². The third-order valence-corrected chi connectivity index (χ3v) is 3.89. The number of nitriles is 1. The van der Waals surface area contributed by atoms with Crippen LogP contribution in [0.15, 0.2) is 72.9 Å². The van der Waals surface area contributed by atoms with Crippen LogP contribution in [0.2, 0.25) is 0 Å². The minimum Gasteiger partial charge on any atom is -0.383 e. The van der Waals surface area contributed by atoms with E-state index in [-0.39, 0.29) is 28.1 Å². The van der Waals surface area contributed by atoms with Gasteiger partial charge in [0.05, 0.1) is 27.8 Å². The van der Waals surface area contributed by atoms with Crippen LogP contribution < -0.4 is 0 Å². The summed E-state index contributed by atoms with van der Waals surface area (Å²) in [6.45, 7) is 3.54. The van der Waals surface area contributed by atoms with E-state index >= 15 is 0 Å². The smallest absolute Gasteiger partial charge is 0.278 e. The van der Waals surface area contributed by atoms with Gasteiger partial charge in [-0.05, 0) is 18.2 Å². The van der Waals surface area contributed by atoms with Crippen LogP contribution in [0.1, 0.15) is 11.7 Å². The Morgan fingerprint density at radius 1 is 1.23 bits per heavy atom. The number of nitro groups is 1. The van der Waals surface area contributed by atoms with Gasteiger partial charge < -0.3 is 5.11 Å². The van der Waals surface area contributed by atoms with Gasteiger partial charge in [-0.1, -0.05) is 36.9 Å². The van der Waals surface area contributed by atoms with E-state index in [2.05, 4.69) is 11.7 Å². The average molecular weight is 346 g/mol. The molecule has 128 valence electrons. The van der Waals surface area contributed by atoms with Gasteiger partial charge in [-0.2, -0.15) is 10.4 Å². The number of nitrogens with zero attached hydrogens (tertiary/aromatic N) is 4. The van der Waals surface area contributed by atoms with Gasteiger partial charge in [-0.25, -0.2) is 4.68 Å². The van der Waals surface area contributed by atoms with E-state index in [1.165, 1.54) is 10.7 Å². The van der Waals surface area contributed by atoms with Crippen LogP contribution in [-0.2, 0) is 0 Å². The van der Waals surface area contributed by atoms with Crippen LogP contribution in [0.25, 0.3) is 16.9 Å². The first-order valence-corrected chi connectivity index (χ1v) is 7.68. The van der Waals surface area contributed by atoms with E-state index in [1.54, 1.807) is 24.4 Å². The highest BCUT2D eigenvalue weighted by atomic mass is 16.6. The van der Waals surface area contributed by atoms with Crippen molar-refractivity contribution in [3.05, 3.63) is 88.6 Å². The Hall–Kier alpha value is -3.76. The molecule has 1 unspecified atom stereocenters. The van der Waals surface area contributed by atoms with Crippen LogP contribution in [0.4, 0.5) is 5.69 Å². The van der Waals surface area contributed by atoms with Crippen molar-refractivity contribution in [2.75, 3.05) is 0 Å². The van der Waals surface area contributed by atoms with E-state index in [9.17, 15) is 15.2 Å². The van der Waals surface area contributed by atoms with E-state index in [1.807, 2.05) is 36.4 Å². The first kappa shape index (κ1) is 17.1. The molecule has 0 saturated heterocycles. The fourth-order valence-electron chi connectivity index (χ4n) is 2.59. The quantitative estimate of drug-likeness (QED) is 0.432. The summed E-state index contributed by atoms with van der Waals surface area (Å²) in [7, 11) is 0. The maximum atomic E-state index is 11.4. The molecule has 7 nitrogen and oxygen atoms in total. The van der Waals surface area contributed by atoms with Crippen LogP contribution in [0.3, 0.4) is 0 Å². The summed E-state index contributed by atoms with van der Waals surface area (Å²) in [5.74, 6) is 0. The average Bonchev–Trinajstić information content (AvgIpc) is 3.12. The molecule has 0 fully saturated rings. The van der Waals surface area contributed by atoms with Gasteiger partial charge in [0.25, 0.3) is 5.69 Å². The molecule has 1 N–H and O–H groups in total. The minimum absolute atomic E-state index is 0.0718. The number of nitro benzene ring substituents is 1. The summed E-state index contributed by atoms with van der Waals surface area (Å²) >= 11 is 0. The zero-order valence-electron chi connectivity index (χ0n) is 13.6. The van der Waals surface area contributed by atoms with Gasteiger partial charge in [-0.15, -0.1) is 0 Å². The molecule has 0 spiro atoms. The van der Waals surface area contributed by atoms with Crippen molar-refractivity contribution >= 4 is 5.69 Å². The maximum absolute atomic E-state index is 11.4. The van der Waals surface area contributed by atoms with Crippen LogP contribution in [0, 0.1) is 21.4 Å². The lowest BCUT2D eigenvalue weighted by Crippen LogP contribution is -2.01. The number of benzene rings is 2. The standard InChI is InChI=1S/C19H14N4O3/c1-13(11-20)19(24)16-12-22(14-7-3-2-4-8-14)21-18(16)15-9-5-6-10-17(15)23(25)26/h2-10,12,19,24H,1H2. The number of aromatic nitrogens is 2. The van der Waals surface area contributed by atoms with Crippen molar-refractivity contribution in [1.29, 1.82) is 5.26 Å². The SMILES string of the molecule is C=C(C#N)C(O)c1cn(-c2ccccc2)nc1-c1ccccc1[N+](=O)[O-]. The minimum atomic E-state index is -1.31. The van der Waals surface area contributed by atoms with E-state index in [4.69, 9.17) is 5.26 Å². The lowest BCUT2D eigenvalue weighted by Gasteiger charge is -2.08. The molecule has 1 aromatic heterocycles. The maximum Gasteiger partial charge on any atom is 0.278 e. The van der Waals surface area contributed by atoms with Gasteiger partial charge in [-0.3, -0.25) is 10.1 Å². The summed E-state index contributed by atoms with van der Waals surface area (Å²) in [6, 6.07) is 17.1. The summed E-state index contributed by atoms with van der Waals surface area (Å²) in [5, 5.41) is 35.3. The van der Waals surface area contributed by atoms with Crippen LogP contribution in [-0.4, -0.2) is 19.8 Å². The molecule has 0 aliphatic carbocycles. The van der Waals surface area contributed by atoms with Crippen molar-refractivity contribution in [2.24, 2.45) is 0 Å². The first-order chi connectivity index (χ1) is 12.5. The Morgan fingerprint density at radius 3 is 2.54 bits per heavy atom. The highest BCUT2D eigenvalue weighted by Crippen LogP contribution is 2.35. The number of aliphatic hydroxyl groups is 1. The molecule has 3 aromatic rings. The number of hydrogen-bond donors (Lipinski definition) is 1. The fraction of sp³-hybridized carbons (Fsp3) is 0.0526. The lowest BCUT2D eigenvalue weighted by atomic mass is 9.99. The molecule has 0 aliphatic rings. The van der Waals surface area contributed by atoms with Gasteiger partial charge in [0, 0.05) is 17.8 Å². The summed E-state index contributed by atoms with van der Waals surface area (Å²) in [6.07, 6.45) is 0.237. The predicted octanol–water partition coefficient (Wildman–Crippen LogP) is 3.56. The Bertz CT molecular complexity index is 1020. The van der Waals surface area contributed by atoms with Crippen LogP contribution in [0.5, 0.6) is 0 Å². The number of aliphatic hydroxyl groups excluding tert-OH is 1. The molecule has 26 heavy (non-hydrogen) atoms. The molecule has 3 rings (SSSR count). The molecule has 0 radical (unpaired) electrons. The molecule has 0 bridgehead atoms. The zero-order chi connectivity index (χ0) is 18.7. The Balaban J connectivity index is 2.24. The third kappa shape index (κ3) is 3.09. The van der Waals surface area contributed by atoms with Crippen molar-refractivity contribution in [2.45, 2.75) is 6.10 Å². The number of hydrogen-bond acceptors (Lipinski definition) is 5. The van der Waals surface area contributed by atoms with Gasteiger partial charge in [0.1, 0.15) is 11.8 Å². The van der Waals surface area contributed by atoms with Gasteiger partial charge >= 0.3 is 0 Å². The van der Waals surface area contributed by atoms with E-state index in [0.29, 0.717) is 5.69 Å². The van der Waals surface area contributed by atoms with Crippen molar-refractivity contribution in [3.63, 3.8) is 0 Å². The number of para-hydroxylation sites is 2. The molecule has 1 heterocycles. The van der Waals surface area contributed by atoms with Crippen molar-refractivity contribution in [3.8, 4) is 23.0 Å². The topological polar surface area (TPSA) is 105 Å². The summed E-state index contributed by atoms with van der Waals surface area (Å²) < 4.78 is 1.51. The normalized spacial score (nSPS) is 11.5. The Kier molecular flexibility index (Phi) is 4.60. The number of rotatable bonds is 5. The second kappa shape index (κ2) is 7.01. The predicted molar refractivity (Wildman–Crippen MR) is 95.4 cm³/mol. The third-order valence-electron chi connectivity index (χ3n) is 3.89. The first-order valence-electron chi connectivity index (χ1n) is 7.68. The highest BCUT2D eigenvalue weighted by molar-refractivity contribution is 5.74. The van der Waals surface area contributed by atoms with Gasteiger partial charge in [0.2, 0.25) is 0 Å². The molecule has 2 aromatic carbocycles. The monoisotopic (exact) mass is 346 g/mol. The molecule has 0 amide bonds. The van der Waals surface area contributed by atoms with Crippen molar-refractivity contribution in [1.82, 2.24) is 9.78 Å². The van der Waals surface area contributed by atoms with E-state index in [0.717, 1.165) is 0 Å². The van der Waals surface area contributed by atoms with Gasteiger partial charge in [0.15, 0.2) is 0 Å². The second-order valence-corrected chi connectivity index (χ2v) is 5.53. The lowest BCUT2D eigenvalue weighted by molar-refractivity contribution is -0.384. The molecule has 0 aliphatic heterocycles. The largest absolute Gasteiger partial charge is 0.383 e. The Morgan fingerprint density at radius 2 is 1.88 bits per heavy atom. The summed E-state index contributed by atoms with van der Waals surface area (Å²) in [5.41, 5.74) is 1.26. The van der Waals surface area contributed by atoms with E-state index < -0.39 is 11.0 Å². The van der Waals surface area contributed by atoms with Crippen molar-refractivity contribution < 1.29 is 10.0 Å². The molecule has 7 heteroatoms. The summed E-state index contributed by atoms with van der Waals surface area (Å²) in [4.78, 5) is 10.9. The fourth-order valence-corrected chi connectivity index (χ4v) is 2.59.